The van der Waals surface area contributed by atoms with Gasteiger partial charge in [-0.15, -0.1) is 0 Å². The molecule has 3 nitrogen and oxygen atoms in total. The van der Waals surface area contributed by atoms with Crippen LogP contribution in [0.3, 0.4) is 0 Å². The van der Waals surface area contributed by atoms with Crippen LogP contribution in [-0.4, -0.2) is 18.1 Å². The van der Waals surface area contributed by atoms with Gasteiger partial charge in [-0.25, -0.2) is 4.39 Å². The molecule has 0 saturated carbocycles. The van der Waals surface area contributed by atoms with E-state index in [4.69, 9.17) is 16.3 Å². The van der Waals surface area contributed by atoms with Crippen molar-refractivity contribution in [3.63, 3.8) is 0 Å². The van der Waals surface area contributed by atoms with Crippen molar-refractivity contribution in [2.75, 3.05) is 7.11 Å². The van der Waals surface area contributed by atoms with Crippen molar-refractivity contribution in [1.29, 1.82) is 0 Å². The van der Waals surface area contributed by atoms with Gasteiger partial charge in [0.1, 0.15) is 11.6 Å². The second-order valence-corrected chi connectivity index (χ2v) is 4.47. The van der Waals surface area contributed by atoms with Crippen LogP contribution in [0.2, 0.25) is 5.02 Å². The number of ether oxygens (including phenoxy) is 1. The van der Waals surface area contributed by atoms with E-state index in [2.05, 4.69) is 0 Å². The Bertz CT molecular complexity index is 696. The maximum atomic E-state index is 13.5. The second kappa shape index (κ2) is 6.05. The Labute approximate surface area is 123 Å². The fraction of sp³-hybridized carbons (Fsp3) is 0.0714. The molecule has 0 heterocycles. The van der Waals surface area contributed by atoms with E-state index in [9.17, 15) is 18.4 Å². The van der Waals surface area contributed by atoms with Crippen molar-refractivity contribution < 1.29 is 22.6 Å². The highest BCUT2D eigenvalue weighted by Gasteiger charge is 2.19. The second-order valence-electron chi connectivity index (χ2n) is 4.06. The van der Waals surface area contributed by atoms with Gasteiger partial charge in [0.15, 0.2) is 6.21 Å². The van der Waals surface area contributed by atoms with Crippen molar-refractivity contribution >= 4 is 23.5 Å². The molecule has 2 aromatic carbocycles. The molecule has 110 valence electrons. The Balaban J connectivity index is 2.47. The van der Waals surface area contributed by atoms with Crippen molar-refractivity contribution in [2.45, 2.75) is 0 Å². The van der Waals surface area contributed by atoms with Gasteiger partial charge in [-0.1, -0.05) is 11.6 Å². The number of halogens is 4. The highest BCUT2D eigenvalue weighted by atomic mass is 35.5. The summed E-state index contributed by atoms with van der Waals surface area (Å²) in [7, 11) is 1.44. The van der Waals surface area contributed by atoms with E-state index in [1.165, 1.54) is 25.3 Å². The zero-order valence-corrected chi connectivity index (χ0v) is 11.5. The predicted octanol–water partition coefficient (Wildman–Crippen LogP) is 4.03. The highest BCUT2D eigenvalue weighted by Crippen LogP contribution is 2.25. The number of hydrogen-bond donors (Lipinski definition) is 0. The first-order valence-electron chi connectivity index (χ1n) is 5.71. The first-order valence-corrected chi connectivity index (χ1v) is 6.09. The Morgan fingerprint density at radius 2 is 1.76 bits per heavy atom. The van der Waals surface area contributed by atoms with Crippen LogP contribution in [0.4, 0.5) is 18.9 Å². The SMILES string of the molecule is COc1ccc(C=[N+]([O-])c2c(F)cc(F)cc2F)c(Cl)c1. The smallest absolute Gasteiger partial charge is 0.288 e. The monoisotopic (exact) mass is 315 g/mol. The van der Waals surface area contributed by atoms with Crippen LogP contribution in [0.1, 0.15) is 5.56 Å². The molecule has 2 rings (SSSR count). The van der Waals surface area contributed by atoms with Crippen molar-refractivity contribution in [2.24, 2.45) is 0 Å². The van der Waals surface area contributed by atoms with Gasteiger partial charge in [-0.05, 0) is 18.2 Å². The lowest BCUT2D eigenvalue weighted by atomic mass is 10.2. The lowest BCUT2D eigenvalue weighted by molar-refractivity contribution is -0.360. The summed E-state index contributed by atoms with van der Waals surface area (Å²) in [6.07, 6.45) is 0.890. The van der Waals surface area contributed by atoms with Crippen LogP contribution in [-0.2, 0) is 0 Å². The highest BCUT2D eigenvalue weighted by molar-refractivity contribution is 6.33. The van der Waals surface area contributed by atoms with E-state index >= 15 is 0 Å². The third-order valence-electron chi connectivity index (χ3n) is 2.67. The quantitative estimate of drug-likeness (QED) is 0.371. The third kappa shape index (κ3) is 3.28. The van der Waals surface area contributed by atoms with E-state index in [1.807, 2.05) is 0 Å². The van der Waals surface area contributed by atoms with E-state index in [-0.39, 0.29) is 15.3 Å². The van der Waals surface area contributed by atoms with Gasteiger partial charge in [-0.2, -0.15) is 13.5 Å². The maximum absolute atomic E-state index is 13.5. The average Bonchev–Trinajstić information content (AvgIpc) is 2.39. The molecule has 2 aromatic rings. The summed E-state index contributed by atoms with van der Waals surface area (Å²) in [6, 6.07) is 5.27. The summed E-state index contributed by atoms with van der Waals surface area (Å²) in [5.74, 6) is -3.25. The Morgan fingerprint density at radius 3 is 2.29 bits per heavy atom. The van der Waals surface area contributed by atoms with Gasteiger partial charge < -0.3 is 9.94 Å². The van der Waals surface area contributed by atoms with Crippen LogP contribution >= 0.6 is 11.6 Å². The molecule has 0 saturated heterocycles. The molecule has 0 spiro atoms. The fourth-order valence-corrected chi connectivity index (χ4v) is 1.89. The standard InChI is InChI=1S/C14H9ClF3NO2/c1-21-10-3-2-8(11(15)6-10)7-19(20)14-12(17)4-9(16)5-13(14)18/h2-7H,1H3. The van der Waals surface area contributed by atoms with Gasteiger partial charge in [0.25, 0.3) is 5.69 Å². The summed E-state index contributed by atoms with van der Waals surface area (Å²) in [4.78, 5) is 0. The Morgan fingerprint density at radius 1 is 1.14 bits per heavy atom. The fourth-order valence-electron chi connectivity index (χ4n) is 1.68. The zero-order valence-electron chi connectivity index (χ0n) is 10.7. The van der Waals surface area contributed by atoms with E-state index in [0.717, 1.165) is 6.21 Å². The lowest BCUT2D eigenvalue weighted by Crippen LogP contribution is -2.04. The topological polar surface area (TPSA) is 35.3 Å². The summed E-state index contributed by atoms with van der Waals surface area (Å²) in [6.45, 7) is 0. The number of benzene rings is 2. The zero-order chi connectivity index (χ0) is 15.6. The molecule has 0 unspecified atom stereocenters. The summed E-state index contributed by atoms with van der Waals surface area (Å²) in [5.41, 5.74) is -0.682. The average molecular weight is 316 g/mol. The number of nitrogens with zero attached hydrogens (tertiary/aromatic N) is 1. The normalized spacial score (nSPS) is 11.6. The molecule has 0 amide bonds. The van der Waals surface area contributed by atoms with Crippen LogP contribution in [0.25, 0.3) is 0 Å². The van der Waals surface area contributed by atoms with Gasteiger partial charge in [0, 0.05) is 12.1 Å². The number of rotatable bonds is 3. The largest absolute Gasteiger partial charge is 0.618 e. The number of hydrogen-bond acceptors (Lipinski definition) is 2. The van der Waals surface area contributed by atoms with Gasteiger partial charge in [0.05, 0.1) is 17.7 Å². The van der Waals surface area contributed by atoms with Crippen molar-refractivity contribution in [3.8, 4) is 5.75 Å². The van der Waals surface area contributed by atoms with Gasteiger partial charge in [0.2, 0.25) is 11.6 Å². The molecule has 0 N–H and O–H groups in total. The third-order valence-corrected chi connectivity index (χ3v) is 2.99. The van der Waals surface area contributed by atoms with Crippen LogP contribution in [0.15, 0.2) is 30.3 Å². The molecule has 0 atom stereocenters. The van der Waals surface area contributed by atoms with E-state index in [0.29, 0.717) is 17.9 Å². The molecule has 0 fully saturated rings. The molecule has 21 heavy (non-hydrogen) atoms. The molecule has 0 bridgehead atoms. The Kier molecular flexibility index (Phi) is 4.37. The molecule has 7 heteroatoms. The number of methoxy groups -OCH3 is 1. The first kappa shape index (κ1) is 15.2. The molecular weight excluding hydrogens is 307 g/mol. The van der Waals surface area contributed by atoms with E-state index in [1.54, 1.807) is 0 Å². The summed E-state index contributed by atoms with van der Waals surface area (Å²) < 4.78 is 44.7. The maximum Gasteiger partial charge on any atom is 0.288 e. The minimum absolute atomic E-state index is 0.0439. The first-order chi connectivity index (χ1) is 9.92. The van der Waals surface area contributed by atoms with Crippen LogP contribution < -0.4 is 4.74 Å². The van der Waals surface area contributed by atoms with Crippen LogP contribution in [0, 0.1) is 22.7 Å². The van der Waals surface area contributed by atoms with Crippen LogP contribution in [0.5, 0.6) is 5.75 Å². The molecule has 0 aliphatic carbocycles. The summed E-state index contributed by atoms with van der Waals surface area (Å²) in [5, 5.41) is 12.0. The van der Waals surface area contributed by atoms with Crippen molar-refractivity contribution in [1.82, 2.24) is 0 Å². The molecule has 0 radical (unpaired) electrons. The van der Waals surface area contributed by atoms with Crippen molar-refractivity contribution in [3.05, 3.63) is 63.6 Å². The summed E-state index contributed by atoms with van der Waals surface area (Å²) >= 11 is 5.92. The molecule has 0 aromatic heterocycles. The lowest BCUT2D eigenvalue weighted by Gasteiger charge is -2.07. The minimum atomic E-state index is -1.30. The Hall–Kier alpha value is -2.21. The predicted molar refractivity (Wildman–Crippen MR) is 72.8 cm³/mol. The minimum Gasteiger partial charge on any atom is -0.618 e. The van der Waals surface area contributed by atoms with E-state index < -0.39 is 23.1 Å². The van der Waals surface area contributed by atoms with Gasteiger partial charge >= 0.3 is 0 Å². The molecule has 0 aliphatic heterocycles. The molecule has 0 aliphatic rings. The molecular formula is C14H9ClF3NO2. The van der Waals surface area contributed by atoms with Gasteiger partial charge in [-0.3, -0.25) is 0 Å².